The molecule has 2 rings (SSSR count). The fourth-order valence-corrected chi connectivity index (χ4v) is 1.96. The second-order valence-corrected chi connectivity index (χ2v) is 4.23. The molecule has 0 radical (unpaired) electrons. The molecule has 78 valence electrons. The fourth-order valence-electron chi connectivity index (χ4n) is 1.96. The van der Waals surface area contributed by atoms with Crippen LogP contribution >= 0.6 is 0 Å². The molecule has 0 bridgehead atoms. The van der Waals surface area contributed by atoms with Gasteiger partial charge < -0.3 is 4.74 Å². The van der Waals surface area contributed by atoms with Crippen molar-refractivity contribution in [3.05, 3.63) is 23.3 Å². The van der Waals surface area contributed by atoms with Gasteiger partial charge in [0.25, 0.3) is 0 Å². The molecule has 2 nitrogen and oxygen atoms in total. The highest BCUT2D eigenvalue weighted by Gasteiger charge is 2.12. The van der Waals surface area contributed by atoms with Crippen molar-refractivity contribution in [2.75, 3.05) is 32.8 Å². The lowest BCUT2D eigenvalue weighted by atomic mass is 9.99. The Balaban J connectivity index is 1.84. The maximum Gasteiger partial charge on any atom is 0.0594 e. The molecule has 1 heterocycles. The van der Waals surface area contributed by atoms with Crippen molar-refractivity contribution in [3.8, 4) is 0 Å². The van der Waals surface area contributed by atoms with E-state index >= 15 is 0 Å². The standard InChI is InChI=1S/C12H19NO/c1-11-2-4-12(5-3-11)10-13-6-8-14-9-7-13/h2,4H,3,5-10H2,1H3. The number of allylic oxidation sites excluding steroid dienone is 3. The average molecular weight is 193 g/mol. The van der Waals surface area contributed by atoms with E-state index in [0.29, 0.717) is 0 Å². The van der Waals surface area contributed by atoms with Crippen molar-refractivity contribution >= 4 is 0 Å². The molecule has 0 saturated carbocycles. The van der Waals surface area contributed by atoms with Crippen molar-refractivity contribution in [2.45, 2.75) is 19.8 Å². The van der Waals surface area contributed by atoms with Crippen LogP contribution in [0.2, 0.25) is 0 Å². The molecule has 1 aliphatic heterocycles. The number of hydrogen-bond acceptors (Lipinski definition) is 2. The van der Waals surface area contributed by atoms with Gasteiger partial charge in [-0.25, -0.2) is 0 Å². The smallest absolute Gasteiger partial charge is 0.0594 e. The van der Waals surface area contributed by atoms with Crippen LogP contribution in [0.5, 0.6) is 0 Å². The van der Waals surface area contributed by atoms with Gasteiger partial charge in [0, 0.05) is 19.6 Å². The Kier molecular flexibility index (Phi) is 3.38. The summed E-state index contributed by atoms with van der Waals surface area (Å²) in [5, 5.41) is 0. The first-order chi connectivity index (χ1) is 6.84. The molecule has 0 amide bonds. The van der Waals surface area contributed by atoms with E-state index in [0.717, 1.165) is 32.8 Å². The molecule has 2 aliphatic rings. The van der Waals surface area contributed by atoms with Gasteiger partial charge in [0.05, 0.1) is 13.2 Å². The SMILES string of the molecule is CC1=CC=C(CN2CCOCC2)CC1. The maximum absolute atomic E-state index is 5.33. The summed E-state index contributed by atoms with van der Waals surface area (Å²) in [4.78, 5) is 2.49. The lowest BCUT2D eigenvalue weighted by molar-refractivity contribution is 0.0419. The topological polar surface area (TPSA) is 12.5 Å². The second kappa shape index (κ2) is 4.76. The molecule has 0 unspecified atom stereocenters. The summed E-state index contributed by atoms with van der Waals surface area (Å²) in [6.45, 7) is 7.36. The van der Waals surface area contributed by atoms with Gasteiger partial charge in [0.15, 0.2) is 0 Å². The quantitative estimate of drug-likeness (QED) is 0.665. The normalized spacial score (nSPS) is 24.4. The molecule has 1 fully saturated rings. The number of nitrogens with zero attached hydrogens (tertiary/aromatic N) is 1. The lowest BCUT2D eigenvalue weighted by Gasteiger charge is -2.28. The molecule has 0 atom stereocenters. The first kappa shape index (κ1) is 9.94. The van der Waals surface area contributed by atoms with Gasteiger partial charge >= 0.3 is 0 Å². The number of rotatable bonds is 2. The minimum absolute atomic E-state index is 0.905. The fraction of sp³-hybridized carbons (Fsp3) is 0.667. The first-order valence-corrected chi connectivity index (χ1v) is 5.50. The van der Waals surface area contributed by atoms with E-state index in [1.807, 2.05) is 0 Å². The average Bonchev–Trinajstić information content (AvgIpc) is 2.23. The van der Waals surface area contributed by atoms with Crippen LogP contribution in [0.15, 0.2) is 23.3 Å². The molecule has 0 aromatic heterocycles. The van der Waals surface area contributed by atoms with E-state index in [1.54, 1.807) is 5.57 Å². The van der Waals surface area contributed by atoms with Crippen molar-refractivity contribution in [3.63, 3.8) is 0 Å². The molecule has 1 aliphatic carbocycles. The molecule has 2 heteroatoms. The van der Waals surface area contributed by atoms with Crippen LogP contribution in [-0.4, -0.2) is 37.7 Å². The molecule has 0 aromatic rings. The monoisotopic (exact) mass is 193 g/mol. The Morgan fingerprint density at radius 3 is 2.64 bits per heavy atom. The second-order valence-electron chi connectivity index (χ2n) is 4.23. The molecule has 14 heavy (non-hydrogen) atoms. The highest BCUT2D eigenvalue weighted by molar-refractivity contribution is 5.23. The highest BCUT2D eigenvalue weighted by atomic mass is 16.5. The largest absolute Gasteiger partial charge is 0.379 e. The van der Waals surface area contributed by atoms with Crippen LogP contribution in [0.4, 0.5) is 0 Å². The lowest BCUT2D eigenvalue weighted by Crippen LogP contribution is -2.37. The number of morpholine rings is 1. The van der Waals surface area contributed by atoms with Gasteiger partial charge in [-0.15, -0.1) is 0 Å². The summed E-state index contributed by atoms with van der Waals surface area (Å²) in [6, 6.07) is 0. The molecule has 0 aromatic carbocycles. The zero-order valence-corrected chi connectivity index (χ0v) is 8.96. The van der Waals surface area contributed by atoms with E-state index in [9.17, 15) is 0 Å². The van der Waals surface area contributed by atoms with Crippen molar-refractivity contribution in [1.82, 2.24) is 4.90 Å². The van der Waals surface area contributed by atoms with Crippen molar-refractivity contribution in [1.29, 1.82) is 0 Å². The number of hydrogen-bond donors (Lipinski definition) is 0. The predicted molar refractivity (Wildman–Crippen MR) is 58.3 cm³/mol. The summed E-state index contributed by atoms with van der Waals surface area (Å²) in [6.07, 6.45) is 7.06. The van der Waals surface area contributed by atoms with Crippen LogP contribution in [0.25, 0.3) is 0 Å². The minimum Gasteiger partial charge on any atom is -0.379 e. The molecule has 1 saturated heterocycles. The summed E-state index contributed by atoms with van der Waals surface area (Å²) in [5.74, 6) is 0. The van der Waals surface area contributed by atoms with E-state index < -0.39 is 0 Å². The van der Waals surface area contributed by atoms with Crippen LogP contribution in [0, 0.1) is 0 Å². The Morgan fingerprint density at radius 2 is 2.00 bits per heavy atom. The third-order valence-electron chi connectivity index (χ3n) is 2.97. The summed E-state index contributed by atoms with van der Waals surface area (Å²) >= 11 is 0. The Hall–Kier alpha value is -0.600. The first-order valence-electron chi connectivity index (χ1n) is 5.50. The van der Waals surface area contributed by atoms with E-state index in [2.05, 4.69) is 24.0 Å². The molecular weight excluding hydrogens is 174 g/mol. The van der Waals surface area contributed by atoms with Crippen LogP contribution in [-0.2, 0) is 4.74 Å². The van der Waals surface area contributed by atoms with Crippen molar-refractivity contribution in [2.24, 2.45) is 0 Å². The van der Waals surface area contributed by atoms with Crippen LogP contribution < -0.4 is 0 Å². The summed E-state index contributed by atoms with van der Waals surface area (Å²) < 4.78 is 5.33. The maximum atomic E-state index is 5.33. The highest BCUT2D eigenvalue weighted by Crippen LogP contribution is 2.18. The minimum atomic E-state index is 0.905. The van der Waals surface area contributed by atoms with E-state index in [4.69, 9.17) is 4.74 Å². The zero-order valence-electron chi connectivity index (χ0n) is 8.96. The van der Waals surface area contributed by atoms with Gasteiger partial charge in [-0.05, 0) is 19.8 Å². The number of ether oxygens (including phenoxy) is 1. The van der Waals surface area contributed by atoms with Gasteiger partial charge in [-0.2, -0.15) is 0 Å². The van der Waals surface area contributed by atoms with Gasteiger partial charge in [0.1, 0.15) is 0 Å². The van der Waals surface area contributed by atoms with Gasteiger partial charge in [0.2, 0.25) is 0 Å². The summed E-state index contributed by atoms with van der Waals surface area (Å²) in [7, 11) is 0. The van der Waals surface area contributed by atoms with Crippen LogP contribution in [0.3, 0.4) is 0 Å². The molecular formula is C12H19NO. The third-order valence-corrected chi connectivity index (χ3v) is 2.97. The van der Waals surface area contributed by atoms with Gasteiger partial charge in [-0.3, -0.25) is 4.90 Å². The third kappa shape index (κ3) is 2.69. The van der Waals surface area contributed by atoms with E-state index in [-0.39, 0.29) is 0 Å². The Morgan fingerprint density at radius 1 is 1.21 bits per heavy atom. The van der Waals surface area contributed by atoms with Crippen LogP contribution in [0.1, 0.15) is 19.8 Å². The van der Waals surface area contributed by atoms with E-state index in [1.165, 1.54) is 18.4 Å². The summed E-state index contributed by atoms with van der Waals surface area (Å²) in [5.41, 5.74) is 3.09. The molecule has 0 spiro atoms. The van der Waals surface area contributed by atoms with Gasteiger partial charge in [-0.1, -0.05) is 23.3 Å². The molecule has 0 N–H and O–H groups in total. The zero-order chi connectivity index (χ0) is 9.80. The Bertz CT molecular complexity index is 249. The Labute approximate surface area is 86.2 Å². The van der Waals surface area contributed by atoms with Crippen molar-refractivity contribution < 1.29 is 4.74 Å². The predicted octanol–water partition coefficient (Wildman–Crippen LogP) is 1.99.